The van der Waals surface area contributed by atoms with Gasteiger partial charge in [0.25, 0.3) is 0 Å². The summed E-state index contributed by atoms with van der Waals surface area (Å²) in [6, 6.07) is 13.1. The number of ether oxygens (including phenoxy) is 3. The van der Waals surface area contributed by atoms with Crippen LogP contribution in [0.4, 0.5) is 5.69 Å². The van der Waals surface area contributed by atoms with Crippen molar-refractivity contribution in [3.8, 4) is 11.5 Å². The molecule has 0 radical (unpaired) electrons. The average molecular weight is 406 g/mol. The molecule has 0 aliphatic carbocycles. The van der Waals surface area contributed by atoms with E-state index in [9.17, 15) is 4.79 Å². The fraction of sp³-hybridized carbons (Fsp3) is 0.273. The largest absolute Gasteiger partial charge is 0.497 e. The molecule has 8 heteroatoms. The van der Waals surface area contributed by atoms with Gasteiger partial charge in [-0.05, 0) is 12.1 Å². The molecule has 3 aromatic rings. The number of hydrogen-bond acceptors (Lipinski definition) is 7. The van der Waals surface area contributed by atoms with Gasteiger partial charge >= 0.3 is 0 Å². The maximum Gasteiger partial charge on any atom is 0.198 e. The van der Waals surface area contributed by atoms with E-state index >= 15 is 0 Å². The maximum absolute atomic E-state index is 13.7. The summed E-state index contributed by atoms with van der Waals surface area (Å²) in [5.74, 6) is 1.91. The summed E-state index contributed by atoms with van der Waals surface area (Å²) >= 11 is 0. The van der Waals surface area contributed by atoms with E-state index < -0.39 is 5.54 Å². The van der Waals surface area contributed by atoms with Crippen molar-refractivity contribution in [1.29, 1.82) is 0 Å². The minimum atomic E-state index is -0.921. The third kappa shape index (κ3) is 2.57. The topological polar surface area (TPSA) is 103 Å². The minimum Gasteiger partial charge on any atom is -0.497 e. The van der Waals surface area contributed by atoms with Gasteiger partial charge < -0.3 is 29.8 Å². The number of fused-ring (bicyclic) bond motifs is 1. The molecule has 30 heavy (non-hydrogen) atoms. The molecule has 8 nitrogen and oxygen atoms in total. The molecular weight excluding hydrogens is 384 g/mol. The van der Waals surface area contributed by atoms with E-state index in [4.69, 9.17) is 19.9 Å². The maximum atomic E-state index is 13.7. The molecule has 1 atom stereocenters. The first-order valence-electron chi connectivity index (χ1n) is 9.68. The average Bonchev–Trinajstić information content (AvgIpc) is 3.45. The number of aromatic amines is 1. The van der Waals surface area contributed by atoms with Crippen molar-refractivity contribution in [1.82, 2.24) is 9.97 Å². The van der Waals surface area contributed by atoms with Crippen molar-refractivity contribution in [2.75, 3.05) is 32.3 Å². The summed E-state index contributed by atoms with van der Waals surface area (Å²) in [7, 11) is 3.17. The van der Waals surface area contributed by atoms with Crippen molar-refractivity contribution in [2.24, 2.45) is 5.73 Å². The molecule has 1 fully saturated rings. The van der Waals surface area contributed by atoms with Gasteiger partial charge in [-0.2, -0.15) is 0 Å². The van der Waals surface area contributed by atoms with Crippen LogP contribution in [0.5, 0.6) is 11.5 Å². The van der Waals surface area contributed by atoms with Crippen LogP contribution in [-0.4, -0.2) is 48.7 Å². The van der Waals surface area contributed by atoms with Crippen LogP contribution in [0, 0.1) is 0 Å². The molecule has 0 bridgehead atoms. The second-order valence-corrected chi connectivity index (χ2v) is 7.43. The number of imidazole rings is 1. The Kier molecular flexibility index (Phi) is 4.18. The zero-order valence-electron chi connectivity index (χ0n) is 16.8. The first-order valence-corrected chi connectivity index (χ1v) is 9.68. The fourth-order valence-electron chi connectivity index (χ4n) is 4.31. The molecule has 1 spiro atoms. The van der Waals surface area contributed by atoms with E-state index in [1.807, 2.05) is 41.3 Å². The number of hydrogen-bond donors (Lipinski definition) is 2. The van der Waals surface area contributed by atoms with Crippen LogP contribution in [0.1, 0.15) is 12.2 Å². The Hall–Kier alpha value is -3.52. The summed E-state index contributed by atoms with van der Waals surface area (Å²) in [4.78, 5) is 23.4. The number of nitrogens with zero attached hydrogens (tertiary/aromatic N) is 2. The Balaban J connectivity index is 1.71. The standard InChI is InChI=1S/C22H22N4O4/c1-28-14-9-13(10-15(11-14)29-2)26-20(23)18(19(27)22(26)7-8-30-12-22)21-24-16-5-3-4-6-17(16)25-21/h3-6,9-11H,7-8,12,23H2,1-2H3,(H,24,25). The normalized spacial score (nSPS) is 21.3. The van der Waals surface area contributed by atoms with Crippen LogP contribution in [0.25, 0.3) is 16.6 Å². The van der Waals surface area contributed by atoms with Crippen LogP contribution in [0.2, 0.25) is 0 Å². The molecule has 1 saturated heterocycles. The van der Waals surface area contributed by atoms with E-state index in [0.717, 1.165) is 11.0 Å². The van der Waals surface area contributed by atoms with E-state index in [-0.39, 0.29) is 12.4 Å². The smallest absolute Gasteiger partial charge is 0.198 e. The zero-order valence-corrected chi connectivity index (χ0v) is 16.8. The van der Waals surface area contributed by atoms with Crippen LogP contribution in [-0.2, 0) is 9.53 Å². The predicted molar refractivity (Wildman–Crippen MR) is 112 cm³/mol. The SMILES string of the molecule is COc1cc(OC)cc(N2C(N)=C(c3nc4ccccc4[nH]3)C(=O)C23CCOC3)c1. The quantitative estimate of drug-likeness (QED) is 0.686. The van der Waals surface area contributed by atoms with Crippen LogP contribution >= 0.6 is 0 Å². The lowest BCUT2D eigenvalue weighted by Gasteiger charge is -2.35. The Labute approximate surface area is 173 Å². The Morgan fingerprint density at radius 1 is 1.17 bits per heavy atom. The highest BCUT2D eigenvalue weighted by Gasteiger charge is 2.56. The lowest BCUT2D eigenvalue weighted by atomic mass is 9.90. The molecule has 2 aromatic carbocycles. The molecule has 3 heterocycles. The summed E-state index contributed by atoms with van der Waals surface area (Å²) < 4.78 is 16.5. The number of nitrogens with one attached hydrogen (secondary N) is 1. The number of rotatable bonds is 4. The van der Waals surface area contributed by atoms with E-state index in [0.29, 0.717) is 47.4 Å². The number of nitrogens with two attached hydrogens (primary N) is 1. The lowest BCUT2D eigenvalue weighted by Crippen LogP contribution is -2.51. The summed E-state index contributed by atoms with van der Waals surface area (Å²) in [5, 5.41) is 0. The molecule has 2 aliphatic rings. The van der Waals surface area contributed by atoms with Crippen molar-refractivity contribution in [3.63, 3.8) is 0 Å². The first-order chi connectivity index (χ1) is 14.6. The van der Waals surface area contributed by atoms with Gasteiger partial charge in [0.2, 0.25) is 0 Å². The predicted octanol–water partition coefficient (Wildman–Crippen LogP) is 2.46. The van der Waals surface area contributed by atoms with Crippen LogP contribution < -0.4 is 20.1 Å². The Morgan fingerprint density at radius 2 is 1.90 bits per heavy atom. The van der Waals surface area contributed by atoms with Gasteiger partial charge in [-0.25, -0.2) is 4.98 Å². The number of para-hydroxylation sites is 2. The molecular formula is C22H22N4O4. The third-order valence-corrected chi connectivity index (χ3v) is 5.80. The van der Waals surface area contributed by atoms with Crippen molar-refractivity contribution >= 4 is 28.1 Å². The molecule has 5 rings (SSSR count). The molecule has 1 aromatic heterocycles. The number of ketones is 1. The van der Waals surface area contributed by atoms with Crippen molar-refractivity contribution < 1.29 is 19.0 Å². The van der Waals surface area contributed by atoms with Gasteiger partial charge in [0.1, 0.15) is 34.3 Å². The van der Waals surface area contributed by atoms with E-state index in [1.54, 1.807) is 20.3 Å². The number of methoxy groups -OCH3 is 2. The lowest BCUT2D eigenvalue weighted by molar-refractivity contribution is -0.117. The van der Waals surface area contributed by atoms with Crippen molar-refractivity contribution in [3.05, 3.63) is 54.1 Å². The number of carbonyl (C=O) groups is 1. The number of aromatic nitrogens is 2. The van der Waals surface area contributed by atoms with Gasteiger partial charge in [-0.3, -0.25) is 4.79 Å². The molecule has 0 amide bonds. The monoisotopic (exact) mass is 406 g/mol. The minimum absolute atomic E-state index is 0.0988. The summed E-state index contributed by atoms with van der Waals surface area (Å²) in [6.45, 7) is 0.722. The highest BCUT2D eigenvalue weighted by atomic mass is 16.5. The zero-order chi connectivity index (χ0) is 20.9. The van der Waals surface area contributed by atoms with E-state index in [2.05, 4.69) is 9.97 Å². The number of H-pyrrole nitrogens is 1. The van der Waals surface area contributed by atoms with Crippen LogP contribution in [0.3, 0.4) is 0 Å². The highest BCUT2D eigenvalue weighted by molar-refractivity contribution is 6.30. The second-order valence-electron chi connectivity index (χ2n) is 7.43. The second kappa shape index (κ2) is 6.77. The molecule has 154 valence electrons. The van der Waals surface area contributed by atoms with Gasteiger partial charge in [0.15, 0.2) is 5.78 Å². The molecule has 2 aliphatic heterocycles. The fourth-order valence-corrected chi connectivity index (χ4v) is 4.31. The summed E-state index contributed by atoms with van der Waals surface area (Å²) in [6.07, 6.45) is 0.524. The van der Waals surface area contributed by atoms with Crippen LogP contribution in [0.15, 0.2) is 48.3 Å². The number of anilines is 1. The number of benzene rings is 2. The molecule has 1 unspecified atom stereocenters. The van der Waals surface area contributed by atoms with E-state index in [1.165, 1.54) is 0 Å². The Morgan fingerprint density at radius 3 is 2.53 bits per heavy atom. The third-order valence-electron chi connectivity index (χ3n) is 5.80. The van der Waals surface area contributed by atoms with Gasteiger partial charge in [-0.15, -0.1) is 0 Å². The Bertz CT molecular complexity index is 1120. The highest BCUT2D eigenvalue weighted by Crippen LogP contribution is 2.45. The molecule has 3 N–H and O–H groups in total. The van der Waals surface area contributed by atoms with Gasteiger partial charge in [0.05, 0.1) is 37.5 Å². The number of Topliss-reactive ketones (excluding diaryl/α,β-unsaturated/α-hetero) is 1. The van der Waals surface area contributed by atoms with Gasteiger partial charge in [-0.1, -0.05) is 12.1 Å². The summed E-state index contributed by atoms with van der Waals surface area (Å²) in [5.41, 5.74) is 8.40. The van der Waals surface area contributed by atoms with Gasteiger partial charge in [0, 0.05) is 31.2 Å². The molecule has 0 saturated carbocycles. The first kappa shape index (κ1) is 18.5. The van der Waals surface area contributed by atoms with Crippen molar-refractivity contribution in [2.45, 2.75) is 12.0 Å². The number of carbonyl (C=O) groups excluding carboxylic acids is 1.